The maximum absolute atomic E-state index is 12.7. The Kier molecular flexibility index (Phi) is 7.96. The summed E-state index contributed by atoms with van der Waals surface area (Å²) < 4.78 is 34.0. The van der Waals surface area contributed by atoms with Crippen molar-refractivity contribution in [2.24, 2.45) is 0 Å². The van der Waals surface area contributed by atoms with Gasteiger partial charge in [-0.15, -0.1) is 11.3 Å². The molecule has 2 aromatic heterocycles. The van der Waals surface area contributed by atoms with Crippen LogP contribution in [0.15, 0.2) is 71.2 Å². The normalized spacial score (nSPS) is 15.9. The van der Waals surface area contributed by atoms with Gasteiger partial charge in [0.05, 0.1) is 16.2 Å². The van der Waals surface area contributed by atoms with Crippen LogP contribution in [0.1, 0.15) is 18.4 Å². The number of hydrogen-bond donors (Lipinski definition) is 3. The SMILES string of the molecule is O=S(=O)(NCc1cccc(Oc2ncsc2-c2ccnc(NC3CCCNC3)n2)c1)c1ccccc1Cl. The molecule has 0 amide bonds. The average molecular weight is 557 g/mol. The molecule has 5 rings (SSSR count). The van der Waals surface area contributed by atoms with Crippen molar-refractivity contribution in [1.29, 1.82) is 0 Å². The second-order valence-corrected chi connectivity index (χ2v) is 11.4. The molecule has 0 saturated carbocycles. The van der Waals surface area contributed by atoms with Gasteiger partial charge in [0.15, 0.2) is 0 Å². The number of nitrogens with one attached hydrogen (secondary N) is 3. The van der Waals surface area contributed by atoms with Crippen LogP contribution in [0.4, 0.5) is 5.95 Å². The Hall–Kier alpha value is -3.09. The maximum Gasteiger partial charge on any atom is 0.242 e. The fourth-order valence-electron chi connectivity index (χ4n) is 3.94. The molecule has 1 saturated heterocycles. The van der Waals surface area contributed by atoms with E-state index < -0.39 is 10.0 Å². The van der Waals surface area contributed by atoms with E-state index in [-0.39, 0.29) is 16.5 Å². The first-order valence-electron chi connectivity index (χ1n) is 11.7. The molecule has 192 valence electrons. The number of halogens is 1. The summed E-state index contributed by atoms with van der Waals surface area (Å²) in [5, 5.41) is 6.94. The Morgan fingerprint density at radius 2 is 2.03 bits per heavy atom. The lowest BCUT2D eigenvalue weighted by Gasteiger charge is -2.23. The molecular formula is C25H25ClN6O3S2. The second kappa shape index (κ2) is 11.5. The van der Waals surface area contributed by atoms with Gasteiger partial charge in [-0.3, -0.25) is 0 Å². The van der Waals surface area contributed by atoms with E-state index in [9.17, 15) is 8.42 Å². The van der Waals surface area contributed by atoms with Crippen molar-refractivity contribution in [2.75, 3.05) is 18.4 Å². The van der Waals surface area contributed by atoms with Crippen LogP contribution in [0.2, 0.25) is 5.02 Å². The maximum atomic E-state index is 12.7. The first kappa shape index (κ1) is 25.6. The number of sulfonamides is 1. The molecule has 1 atom stereocenters. The number of piperidine rings is 1. The number of anilines is 1. The first-order valence-corrected chi connectivity index (χ1v) is 14.5. The third-order valence-corrected chi connectivity index (χ3v) is 8.49. The van der Waals surface area contributed by atoms with E-state index >= 15 is 0 Å². The summed E-state index contributed by atoms with van der Waals surface area (Å²) in [5.41, 5.74) is 3.13. The van der Waals surface area contributed by atoms with Gasteiger partial charge in [0.2, 0.25) is 21.9 Å². The minimum Gasteiger partial charge on any atom is -0.437 e. The fraction of sp³-hybridized carbons (Fsp3) is 0.240. The zero-order chi connectivity index (χ0) is 25.7. The molecular weight excluding hydrogens is 532 g/mol. The highest BCUT2D eigenvalue weighted by Gasteiger charge is 2.18. The van der Waals surface area contributed by atoms with Crippen molar-refractivity contribution in [1.82, 2.24) is 25.0 Å². The Labute approximate surface area is 224 Å². The van der Waals surface area contributed by atoms with Crippen molar-refractivity contribution in [3.63, 3.8) is 0 Å². The smallest absolute Gasteiger partial charge is 0.242 e. The van der Waals surface area contributed by atoms with Gasteiger partial charge in [-0.1, -0.05) is 35.9 Å². The number of thiazole rings is 1. The number of ether oxygens (including phenoxy) is 1. The van der Waals surface area contributed by atoms with E-state index in [1.54, 1.807) is 48.1 Å². The third kappa shape index (κ3) is 6.43. The molecule has 3 N–H and O–H groups in total. The van der Waals surface area contributed by atoms with E-state index in [4.69, 9.17) is 16.3 Å². The molecule has 0 radical (unpaired) electrons. The molecule has 0 aliphatic carbocycles. The van der Waals surface area contributed by atoms with Gasteiger partial charge in [-0.05, 0) is 55.3 Å². The summed E-state index contributed by atoms with van der Waals surface area (Å²) in [6.45, 7) is 1.99. The van der Waals surface area contributed by atoms with Crippen LogP contribution in [-0.2, 0) is 16.6 Å². The molecule has 0 bridgehead atoms. The van der Waals surface area contributed by atoms with Crippen LogP contribution in [0, 0.1) is 0 Å². The molecule has 1 fully saturated rings. The summed E-state index contributed by atoms with van der Waals surface area (Å²) in [4.78, 5) is 14.2. The number of nitrogens with zero attached hydrogens (tertiary/aromatic N) is 3. The van der Waals surface area contributed by atoms with Gasteiger partial charge in [-0.2, -0.15) is 0 Å². The Morgan fingerprint density at radius 3 is 2.86 bits per heavy atom. The largest absolute Gasteiger partial charge is 0.437 e. The first-order chi connectivity index (χ1) is 18.0. The molecule has 9 nitrogen and oxygen atoms in total. The van der Waals surface area contributed by atoms with Gasteiger partial charge in [0.25, 0.3) is 0 Å². The van der Waals surface area contributed by atoms with E-state index in [2.05, 4.69) is 30.3 Å². The molecule has 37 heavy (non-hydrogen) atoms. The zero-order valence-electron chi connectivity index (χ0n) is 19.7. The zero-order valence-corrected chi connectivity index (χ0v) is 22.1. The van der Waals surface area contributed by atoms with Gasteiger partial charge >= 0.3 is 0 Å². The van der Waals surface area contributed by atoms with Gasteiger partial charge in [0.1, 0.15) is 15.5 Å². The van der Waals surface area contributed by atoms with Crippen LogP contribution in [0.5, 0.6) is 11.6 Å². The lowest BCUT2D eigenvalue weighted by Crippen LogP contribution is -2.38. The summed E-state index contributed by atoms with van der Waals surface area (Å²) in [5.74, 6) is 1.52. The number of hydrogen-bond acceptors (Lipinski definition) is 9. The monoisotopic (exact) mass is 556 g/mol. The van der Waals surface area contributed by atoms with Crippen molar-refractivity contribution in [3.05, 3.63) is 76.9 Å². The molecule has 12 heteroatoms. The summed E-state index contributed by atoms with van der Waals surface area (Å²) in [6.07, 6.45) is 3.90. The van der Waals surface area contributed by atoms with Gasteiger partial charge < -0.3 is 15.4 Å². The molecule has 3 heterocycles. The number of aromatic nitrogens is 3. The van der Waals surface area contributed by atoms with Gasteiger partial charge in [0, 0.05) is 25.3 Å². The van der Waals surface area contributed by atoms with E-state index in [1.165, 1.54) is 17.4 Å². The van der Waals surface area contributed by atoms with Crippen molar-refractivity contribution < 1.29 is 13.2 Å². The lowest BCUT2D eigenvalue weighted by atomic mass is 10.1. The Balaban J connectivity index is 1.28. The topological polar surface area (TPSA) is 118 Å². The molecule has 1 aliphatic heterocycles. The fourth-order valence-corrected chi connectivity index (χ4v) is 6.16. The Morgan fingerprint density at radius 1 is 1.14 bits per heavy atom. The molecule has 1 unspecified atom stereocenters. The molecule has 0 spiro atoms. The molecule has 1 aliphatic rings. The summed E-state index contributed by atoms with van der Waals surface area (Å²) in [6, 6.07) is 15.6. The van der Waals surface area contributed by atoms with Crippen molar-refractivity contribution >= 4 is 38.9 Å². The number of rotatable bonds is 9. The highest BCUT2D eigenvalue weighted by atomic mass is 35.5. The predicted octanol–water partition coefficient (Wildman–Crippen LogP) is 4.69. The van der Waals surface area contributed by atoms with E-state index in [1.807, 2.05) is 12.1 Å². The van der Waals surface area contributed by atoms with Crippen LogP contribution >= 0.6 is 22.9 Å². The highest BCUT2D eigenvalue weighted by molar-refractivity contribution is 7.89. The molecule has 4 aromatic rings. The van der Waals surface area contributed by atoms with Crippen LogP contribution in [0.3, 0.4) is 0 Å². The van der Waals surface area contributed by atoms with Crippen LogP contribution in [0.25, 0.3) is 10.6 Å². The predicted molar refractivity (Wildman–Crippen MR) is 145 cm³/mol. The van der Waals surface area contributed by atoms with Crippen LogP contribution < -0.4 is 20.1 Å². The van der Waals surface area contributed by atoms with E-state index in [0.29, 0.717) is 29.3 Å². The van der Waals surface area contributed by atoms with Crippen LogP contribution in [-0.4, -0.2) is 42.5 Å². The minimum absolute atomic E-state index is 0.0367. The summed E-state index contributed by atoms with van der Waals surface area (Å²) in [7, 11) is -3.77. The minimum atomic E-state index is -3.77. The Bertz CT molecular complexity index is 1470. The lowest BCUT2D eigenvalue weighted by molar-refractivity contribution is 0.467. The number of benzene rings is 2. The average Bonchev–Trinajstić information content (AvgIpc) is 3.37. The van der Waals surface area contributed by atoms with Gasteiger partial charge in [-0.25, -0.2) is 28.1 Å². The third-order valence-electron chi connectivity index (χ3n) is 5.76. The molecule has 2 aromatic carbocycles. The summed E-state index contributed by atoms with van der Waals surface area (Å²) >= 11 is 7.48. The highest BCUT2D eigenvalue weighted by Crippen LogP contribution is 2.35. The van der Waals surface area contributed by atoms with Crippen molar-refractivity contribution in [3.8, 4) is 22.2 Å². The quantitative estimate of drug-likeness (QED) is 0.272. The standard InChI is InChI=1S/C25H25ClN6O3S2/c26-20-8-1-2-9-22(20)37(33,34)30-14-17-5-3-7-19(13-17)35-24-23(36-16-29-24)21-10-12-28-25(32-21)31-18-6-4-11-27-15-18/h1-3,5,7-10,12-13,16,18,27,30H,4,6,11,14-15H2,(H,28,31,32). The van der Waals surface area contributed by atoms with E-state index in [0.717, 1.165) is 36.4 Å². The second-order valence-electron chi connectivity index (χ2n) is 8.44. The van der Waals surface area contributed by atoms with Crippen molar-refractivity contribution in [2.45, 2.75) is 30.3 Å².